The molecule has 1 saturated carbocycles. The highest BCUT2D eigenvalue weighted by Gasteiger charge is 2.49. The summed E-state index contributed by atoms with van der Waals surface area (Å²) in [5.41, 5.74) is 9.61. The Bertz CT molecular complexity index is 2030. The minimum absolute atomic E-state index is 0.115. The van der Waals surface area contributed by atoms with Crippen LogP contribution in [-0.2, 0) is 43.2 Å². The molecule has 6 atom stereocenters. The highest BCUT2D eigenvalue weighted by molar-refractivity contribution is 7.10. The number of hydrazine groups is 1. The van der Waals surface area contributed by atoms with Gasteiger partial charge in [-0.2, -0.15) is 0 Å². The van der Waals surface area contributed by atoms with Crippen molar-refractivity contribution in [2.24, 2.45) is 23.2 Å². The van der Waals surface area contributed by atoms with Gasteiger partial charge in [-0.05, 0) is 74.9 Å². The Labute approximate surface area is 321 Å². The number of thiazole rings is 1. The number of esters is 1. The number of rotatable bonds is 8. The first-order valence-corrected chi connectivity index (χ1v) is 20.1. The fourth-order valence-corrected chi connectivity index (χ4v) is 8.95. The lowest BCUT2D eigenvalue weighted by Crippen LogP contribution is -2.60. The summed E-state index contributed by atoms with van der Waals surface area (Å²) in [5, 5.41) is 11.8. The number of benzene rings is 1. The van der Waals surface area contributed by atoms with Crippen LogP contribution in [0.3, 0.4) is 0 Å². The van der Waals surface area contributed by atoms with E-state index in [4.69, 9.17) is 19.4 Å². The molecule has 4 aromatic rings. The quantitative estimate of drug-likeness (QED) is 0.205. The van der Waals surface area contributed by atoms with Gasteiger partial charge in [0.1, 0.15) is 12.1 Å². The van der Waals surface area contributed by atoms with Gasteiger partial charge >= 0.3 is 5.97 Å². The van der Waals surface area contributed by atoms with Gasteiger partial charge < -0.3 is 24.7 Å². The average Bonchev–Trinajstić information content (AvgIpc) is 3.44. The molecule has 6 bridgehead atoms. The summed E-state index contributed by atoms with van der Waals surface area (Å²) in [6, 6.07) is 9.05. The second-order valence-electron chi connectivity index (χ2n) is 16.0. The van der Waals surface area contributed by atoms with Gasteiger partial charge in [0.15, 0.2) is 0 Å². The third-order valence-corrected chi connectivity index (χ3v) is 12.4. The number of carbonyl (C=O) groups excluding carboxylic acids is 3. The number of nitrogens with zero attached hydrogens (tertiary/aromatic N) is 4. The first-order chi connectivity index (χ1) is 25.9. The number of pyridine rings is 1. The Balaban J connectivity index is 1.36. The van der Waals surface area contributed by atoms with Crippen molar-refractivity contribution in [2.75, 3.05) is 33.9 Å². The number of carbonyl (C=O) groups is 3. The fourth-order valence-electron chi connectivity index (χ4n) is 8.10. The summed E-state index contributed by atoms with van der Waals surface area (Å²) in [6.07, 6.45) is 3.60. The van der Waals surface area contributed by atoms with E-state index in [1.54, 1.807) is 7.11 Å². The van der Waals surface area contributed by atoms with Crippen LogP contribution in [0.2, 0.25) is 0 Å². The summed E-state index contributed by atoms with van der Waals surface area (Å²) in [4.78, 5) is 51.1. The number of hydrogen-bond donors (Lipinski definition) is 3. The fraction of sp³-hybridized carbons (Fsp3) is 0.537. The van der Waals surface area contributed by atoms with Gasteiger partial charge in [-0.1, -0.05) is 33.8 Å². The molecular formula is C41H53N7O5S. The van der Waals surface area contributed by atoms with Crippen LogP contribution < -0.4 is 16.1 Å². The zero-order valence-corrected chi connectivity index (χ0v) is 33.2. The van der Waals surface area contributed by atoms with Crippen LogP contribution in [0.4, 0.5) is 0 Å². The Morgan fingerprint density at radius 3 is 2.74 bits per heavy atom. The summed E-state index contributed by atoms with van der Waals surface area (Å²) >= 11 is 1.48. The molecular weight excluding hydrogens is 703 g/mol. The number of fused-ring (bicyclic) bond motifs is 6. The van der Waals surface area contributed by atoms with Crippen LogP contribution in [0.1, 0.15) is 69.8 Å². The average molecular weight is 756 g/mol. The standard InChI is InChI=1S/C41H53N7O5S/c1-23-24(2)35(23)38(49)45-31-19-34-44-32(21-54-34)26-12-13-33-28(18-26)29(20-41(4,5)22-53-40(51)30-11-9-16-48(46-30)39(31)50)37(47(33)17-15-42-6)27-10-8-14-43-36(27)25(3)52-7/h8,10,12-14,18,21,23-25,30-31,35,42,46H,9,11,15-17,19-20,22H2,1-7H3,(H,45,49)/t23-,24+,25-,30-,31-,35?/m0/s1. The smallest absolute Gasteiger partial charge is 0.324 e. The number of likely N-dealkylation sites (N-methyl/N-ethyl adjacent to an activating group) is 1. The largest absolute Gasteiger partial charge is 0.464 e. The lowest BCUT2D eigenvalue weighted by Gasteiger charge is -2.35. The van der Waals surface area contributed by atoms with Crippen molar-refractivity contribution in [3.63, 3.8) is 0 Å². The molecule has 13 heteroatoms. The molecule has 3 N–H and O–H groups in total. The summed E-state index contributed by atoms with van der Waals surface area (Å²) in [7, 11) is 3.66. The zero-order chi connectivity index (χ0) is 38.3. The lowest BCUT2D eigenvalue weighted by molar-refractivity contribution is -0.155. The van der Waals surface area contributed by atoms with Crippen LogP contribution in [0.25, 0.3) is 33.4 Å². The number of amides is 2. The van der Waals surface area contributed by atoms with Gasteiger partial charge in [0, 0.05) is 78.1 Å². The van der Waals surface area contributed by atoms with E-state index >= 15 is 0 Å². The van der Waals surface area contributed by atoms with Crippen molar-refractivity contribution in [3.8, 4) is 22.5 Å². The van der Waals surface area contributed by atoms with E-state index in [0.717, 1.165) is 62.8 Å². The van der Waals surface area contributed by atoms with E-state index in [9.17, 15) is 14.4 Å². The Morgan fingerprint density at radius 2 is 2.00 bits per heavy atom. The summed E-state index contributed by atoms with van der Waals surface area (Å²) in [6.45, 7) is 12.5. The summed E-state index contributed by atoms with van der Waals surface area (Å²) < 4.78 is 14.3. The third kappa shape index (κ3) is 7.56. The second-order valence-corrected chi connectivity index (χ2v) is 17.0. The van der Waals surface area contributed by atoms with Gasteiger partial charge in [0.05, 0.1) is 34.8 Å². The van der Waals surface area contributed by atoms with E-state index in [0.29, 0.717) is 25.8 Å². The molecule has 3 aliphatic rings. The van der Waals surface area contributed by atoms with E-state index in [2.05, 4.69) is 72.6 Å². The Morgan fingerprint density at radius 1 is 1.20 bits per heavy atom. The molecule has 54 heavy (non-hydrogen) atoms. The highest BCUT2D eigenvalue weighted by Crippen LogP contribution is 2.46. The Kier molecular flexibility index (Phi) is 11.0. The number of cyclic esters (lactones) is 1. The minimum Gasteiger partial charge on any atom is -0.464 e. The molecule has 7 rings (SSSR count). The van der Waals surface area contributed by atoms with Gasteiger partial charge in [0.2, 0.25) is 5.91 Å². The SMILES string of the molecule is CNCCn1c(-c2cccnc2[C@H](C)OC)c2c3cc(ccc31)-c1csc(n1)C[C@H](NC(=O)C1[C@@H](C)[C@H]1C)C(=O)N1CCC[C@H](N1)C(=O)OCC(C)(C)C2. The van der Waals surface area contributed by atoms with Gasteiger partial charge in [0.25, 0.3) is 5.91 Å². The highest BCUT2D eigenvalue weighted by atomic mass is 32.1. The minimum atomic E-state index is -0.836. The number of methoxy groups -OCH3 is 1. The van der Waals surface area contributed by atoms with Crippen molar-refractivity contribution < 1.29 is 23.9 Å². The molecule has 288 valence electrons. The topological polar surface area (TPSA) is 140 Å². The molecule has 12 nitrogen and oxygen atoms in total. The van der Waals surface area contributed by atoms with Crippen molar-refractivity contribution in [1.82, 2.24) is 35.6 Å². The second kappa shape index (κ2) is 15.5. The molecule has 0 spiro atoms. The van der Waals surface area contributed by atoms with Gasteiger partial charge in [-0.15, -0.1) is 11.3 Å². The normalized spacial score (nSPS) is 24.9. The molecule has 1 saturated heterocycles. The monoisotopic (exact) mass is 755 g/mol. The molecule has 2 aliphatic heterocycles. The summed E-state index contributed by atoms with van der Waals surface area (Å²) in [5.74, 6) is -0.373. The maximum absolute atomic E-state index is 14.1. The molecule has 1 aliphatic carbocycles. The number of nitrogens with one attached hydrogen (secondary N) is 3. The maximum Gasteiger partial charge on any atom is 0.324 e. The van der Waals surface area contributed by atoms with E-state index in [-0.39, 0.29) is 48.7 Å². The van der Waals surface area contributed by atoms with E-state index < -0.39 is 23.5 Å². The molecule has 2 fully saturated rings. The van der Waals surface area contributed by atoms with Crippen LogP contribution in [-0.4, -0.2) is 83.3 Å². The van der Waals surface area contributed by atoms with E-state index in [1.165, 1.54) is 16.3 Å². The van der Waals surface area contributed by atoms with Crippen LogP contribution in [0, 0.1) is 23.2 Å². The number of aromatic nitrogens is 3. The lowest BCUT2D eigenvalue weighted by atomic mass is 9.84. The van der Waals surface area contributed by atoms with Crippen molar-refractivity contribution in [1.29, 1.82) is 0 Å². The molecule has 5 heterocycles. The Hall–Kier alpha value is -4.17. The van der Waals surface area contributed by atoms with Gasteiger partial charge in [-0.25, -0.2) is 10.4 Å². The molecule has 0 radical (unpaired) electrons. The first kappa shape index (κ1) is 38.1. The van der Waals surface area contributed by atoms with Gasteiger partial charge in [-0.3, -0.25) is 24.4 Å². The van der Waals surface area contributed by atoms with Crippen molar-refractivity contribution in [2.45, 2.75) is 85.0 Å². The van der Waals surface area contributed by atoms with E-state index in [1.807, 2.05) is 31.6 Å². The third-order valence-electron chi connectivity index (χ3n) is 11.5. The first-order valence-electron chi connectivity index (χ1n) is 19.2. The molecule has 2 amide bonds. The van der Waals surface area contributed by atoms with Crippen LogP contribution in [0.5, 0.6) is 0 Å². The van der Waals surface area contributed by atoms with Crippen molar-refractivity contribution in [3.05, 3.63) is 58.2 Å². The number of hydrogen-bond acceptors (Lipinski definition) is 10. The predicted octanol–water partition coefficient (Wildman–Crippen LogP) is 5.30. The zero-order valence-electron chi connectivity index (χ0n) is 32.4. The number of ether oxygens (including phenoxy) is 2. The van der Waals surface area contributed by atoms with Crippen LogP contribution >= 0.6 is 11.3 Å². The van der Waals surface area contributed by atoms with Crippen LogP contribution in [0.15, 0.2) is 41.9 Å². The maximum atomic E-state index is 14.1. The molecule has 1 aromatic carbocycles. The van der Waals surface area contributed by atoms with Crippen molar-refractivity contribution >= 4 is 40.0 Å². The predicted molar refractivity (Wildman–Crippen MR) is 209 cm³/mol. The molecule has 3 aromatic heterocycles. The molecule has 1 unspecified atom stereocenters.